The van der Waals surface area contributed by atoms with Crippen LogP contribution in [0.1, 0.15) is 45.4 Å². The van der Waals surface area contributed by atoms with Crippen LogP contribution in [0.3, 0.4) is 0 Å². The van der Waals surface area contributed by atoms with Gasteiger partial charge in [-0.15, -0.1) is 0 Å². The lowest BCUT2D eigenvalue weighted by Crippen LogP contribution is -2.37. The monoisotopic (exact) mass is 236 g/mol. The number of unbranched alkanes of at least 4 members (excludes halogenated alkanes) is 5. The molecule has 0 fully saturated rings. The zero-order valence-electron chi connectivity index (χ0n) is 10.4. The fraction of sp³-hybridized carbons (Fsp3) is 1.00. The molecule has 0 saturated carbocycles. The summed E-state index contributed by atoms with van der Waals surface area (Å²) in [5.74, 6) is 0. The first-order valence-corrected chi connectivity index (χ1v) is 8.46. The highest BCUT2D eigenvalue weighted by molar-refractivity contribution is 6.65. The van der Waals surface area contributed by atoms with E-state index in [1.165, 1.54) is 32.1 Å². The number of halogens is 1. The smallest absolute Gasteiger partial charge is 0.336 e. The highest BCUT2D eigenvalue weighted by Crippen LogP contribution is 2.18. The number of hydrogen-bond acceptors (Lipinski definition) is 2. The Morgan fingerprint density at radius 2 is 1.67 bits per heavy atom. The third kappa shape index (κ3) is 7.93. The highest BCUT2D eigenvalue weighted by atomic mass is 28.4. The van der Waals surface area contributed by atoms with Gasteiger partial charge in [0.2, 0.25) is 0 Å². The molecule has 1 unspecified atom stereocenters. The van der Waals surface area contributed by atoms with Crippen LogP contribution in [0.5, 0.6) is 0 Å². The summed E-state index contributed by atoms with van der Waals surface area (Å²) >= 11 is 0. The standard InChI is InChI=1S/C11H25FO2Si/c1-4-5-6-7-8-9-10-15(3,13-2)14-11-12/h4-11H2,1-3H3. The molecule has 0 bridgehead atoms. The molecule has 0 N–H and O–H groups in total. The van der Waals surface area contributed by atoms with Crippen molar-refractivity contribution in [3.63, 3.8) is 0 Å². The summed E-state index contributed by atoms with van der Waals surface area (Å²) in [6.07, 6.45) is 7.49. The maximum Gasteiger partial charge on any atom is 0.336 e. The molecule has 0 spiro atoms. The van der Waals surface area contributed by atoms with Gasteiger partial charge in [-0.3, -0.25) is 0 Å². The Hall–Kier alpha value is 0.0669. The van der Waals surface area contributed by atoms with Gasteiger partial charge in [0, 0.05) is 7.11 Å². The predicted octanol–water partition coefficient (Wildman–Crippen LogP) is 4.01. The van der Waals surface area contributed by atoms with Crippen LogP contribution < -0.4 is 0 Å². The van der Waals surface area contributed by atoms with E-state index in [9.17, 15) is 4.39 Å². The molecule has 0 aliphatic heterocycles. The zero-order valence-corrected chi connectivity index (χ0v) is 11.4. The summed E-state index contributed by atoms with van der Waals surface area (Å²) in [6, 6.07) is 0.902. The number of alkyl halides is 1. The summed E-state index contributed by atoms with van der Waals surface area (Å²) in [5.41, 5.74) is 0. The SMILES string of the molecule is CCCCCCCC[Si](C)(OC)OCF. The minimum atomic E-state index is -2.17. The van der Waals surface area contributed by atoms with Gasteiger partial charge in [-0.05, 0) is 12.6 Å². The van der Waals surface area contributed by atoms with Gasteiger partial charge in [0.25, 0.3) is 0 Å². The van der Waals surface area contributed by atoms with Crippen LogP contribution in [0, 0.1) is 0 Å². The second kappa shape index (κ2) is 9.30. The van der Waals surface area contributed by atoms with E-state index < -0.39 is 15.4 Å². The molecule has 1 atom stereocenters. The van der Waals surface area contributed by atoms with Crippen LogP contribution in [0.4, 0.5) is 4.39 Å². The Kier molecular flexibility index (Phi) is 9.35. The lowest BCUT2D eigenvalue weighted by molar-refractivity contribution is 0.130. The molecular weight excluding hydrogens is 211 g/mol. The van der Waals surface area contributed by atoms with Gasteiger partial charge in [-0.1, -0.05) is 45.4 Å². The summed E-state index contributed by atoms with van der Waals surface area (Å²) in [7, 11) is -0.543. The first kappa shape index (κ1) is 15.1. The second-order valence-electron chi connectivity index (χ2n) is 4.11. The quantitative estimate of drug-likeness (QED) is 0.421. The summed E-state index contributed by atoms with van der Waals surface area (Å²) in [5, 5.41) is 0. The topological polar surface area (TPSA) is 18.5 Å². The van der Waals surface area contributed by atoms with E-state index in [2.05, 4.69) is 6.92 Å². The Morgan fingerprint density at radius 1 is 1.07 bits per heavy atom. The first-order valence-electron chi connectivity index (χ1n) is 5.93. The molecule has 0 aliphatic carbocycles. The predicted molar refractivity (Wildman–Crippen MR) is 63.9 cm³/mol. The van der Waals surface area contributed by atoms with Crippen molar-refractivity contribution in [2.24, 2.45) is 0 Å². The van der Waals surface area contributed by atoms with Crippen LogP contribution in [-0.4, -0.2) is 22.5 Å². The largest absolute Gasteiger partial charge is 0.398 e. The molecule has 0 saturated heterocycles. The van der Waals surface area contributed by atoms with Gasteiger partial charge in [0.15, 0.2) is 6.86 Å². The van der Waals surface area contributed by atoms with E-state index in [1.807, 2.05) is 6.55 Å². The molecule has 92 valence electrons. The molecule has 0 aromatic rings. The van der Waals surface area contributed by atoms with Crippen molar-refractivity contribution < 1.29 is 13.2 Å². The Balaban J connectivity index is 3.46. The van der Waals surface area contributed by atoms with Crippen molar-refractivity contribution in [3.05, 3.63) is 0 Å². The minimum Gasteiger partial charge on any atom is -0.398 e. The lowest BCUT2D eigenvalue weighted by Gasteiger charge is -2.23. The normalized spacial score (nSPS) is 15.2. The van der Waals surface area contributed by atoms with Gasteiger partial charge in [0.05, 0.1) is 0 Å². The van der Waals surface area contributed by atoms with E-state index in [0.717, 1.165) is 12.5 Å². The van der Waals surface area contributed by atoms with Crippen molar-refractivity contribution in [3.8, 4) is 0 Å². The third-order valence-corrected chi connectivity index (χ3v) is 5.62. The average Bonchev–Trinajstić information content (AvgIpc) is 2.24. The van der Waals surface area contributed by atoms with E-state index >= 15 is 0 Å². The molecule has 4 heteroatoms. The fourth-order valence-corrected chi connectivity index (χ4v) is 3.16. The third-order valence-electron chi connectivity index (χ3n) is 2.78. The van der Waals surface area contributed by atoms with Crippen molar-refractivity contribution in [2.75, 3.05) is 14.0 Å². The summed E-state index contributed by atoms with van der Waals surface area (Å²) in [6.45, 7) is 3.43. The van der Waals surface area contributed by atoms with Gasteiger partial charge >= 0.3 is 8.56 Å². The molecule has 0 aromatic carbocycles. The average molecular weight is 236 g/mol. The first-order chi connectivity index (χ1) is 7.18. The van der Waals surface area contributed by atoms with Crippen molar-refractivity contribution in [2.45, 2.75) is 58.0 Å². The maximum atomic E-state index is 12.1. The van der Waals surface area contributed by atoms with E-state index in [1.54, 1.807) is 7.11 Å². The van der Waals surface area contributed by atoms with Gasteiger partial charge in [-0.25, -0.2) is 4.39 Å². The Morgan fingerprint density at radius 3 is 2.20 bits per heavy atom. The second-order valence-corrected chi connectivity index (χ2v) is 7.57. The van der Waals surface area contributed by atoms with Gasteiger partial charge in [0.1, 0.15) is 0 Å². The van der Waals surface area contributed by atoms with Crippen molar-refractivity contribution in [1.82, 2.24) is 0 Å². The number of rotatable bonds is 10. The minimum absolute atomic E-state index is 0.716. The molecule has 0 aliphatic rings. The van der Waals surface area contributed by atoms with Gasteiger partial charge < -0.3 is 8.85 Å². The van der Waals surface area contributed by atoms with Crippen LogP contribution in [0.15, 0.2) is 0 Å². The van der Waals surface area contributed by atoms with E-state index in [-0.39, 0.29) is 0 Å². The van der Waals surface area contributed by atoms with Crippen LogP contribution in [-0.2, 0) is 8.85 Å². The molecule has 15 heavy (non-hydrogen) atoms. The molecular formula is C11H25FO2Si. The maximum absolute atomic E-state index is 12.1. The Labute approximate surface area is 94.4 Å². The number of hydrogen-bond donors (Lipinski definition) is 0. The Bertz CT molecular complexity index is 147. The molecule has 0 heterocycles. The molecule has 0 aromatic heterocycles. The molecule has 0 rings (SSSR count). The van der Waals surface area contributed by atoms with Crippen molar-refractivity contribution >= 4 is 8.56 Å². The lowest BCUT2D eigenvalue weighted by atomic mass is 10.1. The molecule has 2 nitrogen and oxygen atoms in total. The van der Waals surface area contributed by atoms with Crippen LogP contribution in [0.25, 0.3) is 0 Å². The summed E-state index contributed by atoms with van der Waals surface area (Å²) < 4.78 is 22.4. The van der Waals surface area contributed by atoms with Gasteiger partial charge in [-0.2, -0.15) is 0 Å². The van der Waals surface area contributed by atoms with Crippen molar-refractivity contribution in [1.29, 1.82) is 0 Å². The summed E-state index contributed by atoms with van der Waals surface area (Å²) in [4.78, 5) is 0. The van der Waals surface area contributed by atoms with E-state index in [4.69, 9.17) is 8.85 Å². The van der Waals surface area contributed by atoms with E-state index in [0.29, 0.717) is 0 Å². The van der Waals surface area contributed by atoms with Crippen LogP contribution >= 0.6 is 0 Å². The highest BCUT2D eigenvalue weighted by Gasteiger charge is 2.29. The fourth-order valence-electron chi connectivity index (χ4n) is 1.58. The van der Waals surface area contributed by atoms with Crippen LogP contribution in [0.2, 0.25) is 12.6 Å². The molecule has 0 radical (unpaired) electrons. The molecule has 0 amide bonds. The zero-order chi connectivity index (χ0) is 11.6.